The molecule has 3 unspecified atom stereocenters. The Morgan fingerprint density at radius 1 is 1.40 bits per heavy atom. The lowest BCUT2D eigenvalue weighted by Gasteiger charge is -2.23. The number of hydrogen-bond acceptors (Lipinski definition) is 3. The van der Waals surface area contributed by atoms with Gasteiger partial charge in [0.15, 0.2) is 0 Å². The third-order valence-electron chi connectivity index (χ3n) is 4.47. The summed E-state index contributed by atoms with van der Waals surface area (Å²) in [6, 6.07) is 6.45. The number of carbonyl (C=O) groups excluding carboxylic acids is 1. The lowest BCUT2D eigenvalue weighted by atomic mass is 10.0. The molecular weight excluding hydrogens is 320 g/mol. The number of nitrogens with one attached hydrogen (secondary N) is 2. The molecule has 1 aromatic carbocycles. The SMILES string of the molecule is O=C(NC1CC2CC1CN2)c1ccc2occ(Br)c2c1. The molecule has 0 radical (unpaired) electrons. The summed E-state index contributed by atoms with van der Waals surface area (Å²) >= 11 is 3.43. The first-order chi connectivity index (χ1) is 9.70. The first-order valence-corrected chi connectivity index (χ1v) is 7.71. The van der Waals surface area contributed by atoms with Crippen molar-refractivity contribution in [3.05, 3.63) is 34.5 Å². The van der Waals surface area contributed by atoms with E-state index in [1.807, 2.05) is 18.2 Å². The van der Waals surface area contributed by atoms with E-state index in [0.717, 1.165) is 28.4 Å². The zero-order chi connectivity index (χ0) is 13.7. The molecule has 4 nitrogen and oxygen atoms in total. The van der Waals surface area contributed by atoms with Crippen molar-refractivity contribution in [1.82, 2.24) is 10.6 Å². The van der Waals surface area contributed by atoms with Gasteiger partial charge in [-0.3, -0.25) is 4.79 Å². The van der Waals surface area contributed by atoms with Crippen molar-refractivity contribution in [2.75, 3.05) is 6.54 Å². The molecule has 2 aliphatic rings. The molecule has 104 valence electrons. The molecule has 2 heterocycles. The molecule has 4 rings (SSSR count). The van der Waals surface area contributed by atoms with E-state index in [1.54, 1.807) is 6.26 Å². The van der Waals surface area contributed by atoms with Gasteiger partial charge in [-0.2, -0.15) is 0 Å². The van der Waals surface area contributed by atoms with Crippen molar-refractivity contribution in [3.8, 4) is 0 Å². The normalized spacial score (nSPS) is 28.1. The minimum absolute atomic E-state index is 0.0116. The fourth-order valence-electron chi connectivity index (χ4n) is 3.40. The standard InChI is InChI=1S/C15H15BrN2O2/c16-12-7-20-14-2-1-8(4-11(12)14)15(19)18-13-5-10-3-9(13)6-17-10/h1-2,4,7,9-10,13,17H,3,5-6H2,(H,18,19). The highest BCUT2D eigenvalue weighted by Gasteiger charge is 2.40. The monoisotopic (exact) mass is 334 g/mol. The van der Waals surface area contributed by atoms with Gasteiger partial charge in [0.25, 0.3) is 5.91 Å². The first kappa shape index (κ1) is 12.4. The van der Waals surface area contributed by atoms with Gasteiger partial charge in [0.05, 0.1) is 4.47 Å². The summed E-state index contributed by atoms with van der Waals surface area (Å²) < 4.78 is 6.25. The summed E-state index contributed by atoms with van der Waals surface area (Å²) in [6.07, 6.45) is 3.89. The van der Waals surface area contributed by atoms with E-state index in [0.29, 0.717) is 23.6 Å². The van der Waals surface area contributed by atoms with E-state index in [2.05, 4.69) is 26.6 Å². The molecule has 1 amide bonds. The van der Waals surface area contributed by atoms with Crippen LogP contribution in [0.2, 0.25) is 0 Å². The average Bonchev–Trinajstić information content (AvgIpc) is 3.15. The summed E-state index contributed by atoms with van der Waals surface area (Å²) in [5, 5.41) is 7.57. The van der Waals surface area contributed by atoms with Gasteiger partial charge in [-0.05, 0) is 52.9 Å². The summed E-state index contributed by atoms with van der Waals surface area (Å²) in [5.74, 6) is 0.603. The van der Waals surface area contributed by atoms with Gasteiger partial charge in [-0.15, -0.1) is 0 Å². The van der Waals surface area contributed by atoms with Crippen molar-refractivity contribution >= 4 is 32.8 Å². The number of halogens is 1. The largest absolute Gasteiger partial charge is 0.463 e. The van der Waals surface area contributed by atoms with Gasteiger partial charge in [0.1, 0.15) is 11.8 Å². The van der Waals surface area contributed by atoms with Crippen molar-refractivity contribution in [2.24, 2.45) is 5.92 Å². The second-order valence-electron chi connectivity index (χ2n) is 5.71. The number of piperidine rings is 1. The molecule has 2 fully saturated rings. The van der Waals surface area contributed by atoms with Crippen molar-refractivity contribution in [2.45, 2.75) is 24.9 Å². The summed E-state index contributed by atoms with van der Waals surface area (Å²) in [5.41, 5.74) is 1.48. The van der Waals surface area contributed by atoms with Crippen LogP contribution in [0.1, 0.15) is 23.2 Å². The average molecular weight is 335 g/mol. The van der Waals surface area contributed by atoms with Gasteiger partial charge in [0.2, 0.25) is 0 Å². The molecule has 2 aromatic rings. The van der Waals surface area contributed by atoms with E-state index in [1.165, 1.54) is 6.42 Å². The number of carbonyl (C=O) groups is 1. The maximum atomic E-state index is 12.4. The van der Waals surface area contributed by atoms with Gasteiger partial charge in [-0.25, -0.2) is 0 Å². The number of fused-ring (bicyclic) bond motifs is 3. The number of furan rings is 1. The number of rotatable bonds is 2. The van der Waals surface area contributed by atoms with Gasteiger partial charge < -0.3 is 15.1 Å². The molecule has 5 heteroatoms. The minimum atomic E-state index is 0.0116. The highest BCUT2D eigenvalue weighted by molar-refractivity contribution is 9.10. The first-order valence-electron chi connectivity index (χ1n) is 6.92. The predicted octanol–water partition coefficient (Wildman–Crippen LogP) is 2.68. The molecule has 1 saturated heterocycles. The van der Waals surface area contributed by atoms with Gasteiger partial charge in [0, 0.05) is 29.6 Å². The van der Waals surface area contributed by atoms with Crippen LogP contribution in [-0.2, 0) is 0 Å². The number of hydrogen-bond donors (Lipinski definition) is 2. The molecule has 0 spiro atoms. The second-order valence-corrected chi connectivity index (χ2v) is 6.57. The fourth-order valence-corrected chi connectivity index (χ4v) is 3.81. The maximum Gasteiger partial charge on any atom is 0.251 e. The topological polar surface area (TPSA) is 54.3 Å². The number of benzene rings is 1. The van der Waals surface area contributed by atoms with Crippen LogP contribution in [0.3, 0.4) is 0 Å². The quantitative estimate of drug-likeness (QED) is 0.887. The molecule has 1 saturated carbocycles. The fraction of sp³-hybridized carbons (Fsp3) is 0.400. The summed E-state index contributed by atoms with van der Waals surface area (Å²) in [6.45, 7) is 1.03. The Bertz CT molecular complexity index is 682. The lowest BCUT2D eigenvalue weighted by molar-refractivity contribution is 0.0925. The molecule has 1 aliphatic heterocycles. The Balaban J connectivity index is 1.56. The Labute approximate surface area is 125 Å². The summed E-state index contributed by atoms with van der Waals surface area (Å²) in [4.78, 5) is 12.4. The third kappa shape index (κ3) is 1.96. The summed E-state index contributed by atoms with van der Waals surface area (Å²) in [7, 11) is 0. The van der Waals surface area contributed by atoms with Crippen LogP contribution >= 0.6 is 15.9 Å². The highest BCUT2D eigenvalue weighted by Crippen LogP contribution is 2.32. The van der Waals surface area contributed by atoms with E-state index in [9.17, 15) is 4.79 Å². The minimum Gasteiger partial charge on any atom is -0.463 e. The van der Waals surface area contributed by atoms with Crippen LogP contribution in [-0.4, -0.2) is 24.5 Å². The van der Waals surface area contributed by atoms with Crippen LogP contribution in [0.5, 0.6) is 0 Å². The lowest BCUT2D eigenvalue weighted by Crippen LogP contribution is -2.44. The van der Waals surface area contributed by atoms with Crippen molar-refractivity contribution < 1.29 is 9.21 Å². The molecule has 2 bridgehead atoms. The van der Waals surface area contributed by atoms with Gasteiger partial charge in [-0.1, -0.05) is 0 Å². The highest BCUT2D eigenvalue weighted by atomic mass is 79.9. The molecule has 1 aliphatic carbocycles. The van der Waals surface area contributed by atoms with Crippen molar-refractivity contribution in [3.63, 3.8) is 0 Å². The van der Waals surface area contributed by atoms with Gasteiger partial charge >= 0.3 is 0 Å². The maximum absolute atomic E-state index is 12.4. The van der Waals surface area contributed by atoms with E-state index < -0.39 is 0 Å². The Morgan fingerprint density at radius 2 is 2.30 bits per heavy atom. The molecule has 20 heavy (non-hydrogen) atoms. The molecule has 3 atom stereocenters. The van der Waals surface area contributed by atoms with Crippen LogP contribution in [0.4, 0.5) is 0 Å². The molecular formula is C15H15BrN2O2. The van der Waals surface area contributed by atoms with E-state index in [4.69, 9.17) is 4.42 Å². The Morgan fingerprint density at radius 3 is 3.05 bits per heavy atom. The smallest absolute Gasteiger partial charge is 0.251 e. The van der Waals surface area contributed by atoms with Crippen LogP contribution in [0.15, 0.2) is 33.4 Å². The van der Waals surface area contributed by atoms with Crippen LogP contribution in [0, 0.1) is 5.92 Å². The Hall–Kier alpha value is -1.33. The second kappa shape index (κ2) is 4.60. The van der Waals surface area contributed by atoms with Crippen molar-refractivity contribution in [1.29, 1.82) is 0 Å². The van der Waals surface area contributed by atoms with E-state index >= 15 is 0 Å². The van der Waals surface area contributed by atoms with Crippen LogP contribution < -0.4 is 10.6 Å². The van der Waals surface area contributed by atoms with Crippen LogP contribution in [0.25, 0.3) is 11.0 Å². The Kier molecular flexibility index (Phi) is 2.86. The zero-order valence-corrected chi connectivity index (χ0v) is 12.4. The molecule has 1 aromatic heterocycles. The predicted molar refractivity (Wildman–Crippen MR) is 79.7 cm³/mol. The molecule has 2 N–H and O–H groups in total. The number of amides is 1. The van der Waals surface area contributed by atoms with E-state index in [-0.39, 0.29) is 5.91 Å². The third-order valence-corrected chi connectivity index (χ3v) is 5.08. The zero-order valence-electron chi connectivity index (χ0n) is 10.9.